The molecule has 0 bridgehead atoms. The summed E-state index contributed by atoms with van der Waals surface area (Å²) in [6.45, 7) is 2.42. The molecule has 2 aliphatic rings. The van der Waals surface area contributed by atoms with Gasteiger partial charge in [0.15, 0.2) is 0 Å². The summed E-state index contributed by atoms with van der Waals surface area (Å²) >= 11 is 1.68. The summed E-state index contributed by atoms with van der Waals surface area (Å²) in [5.41, 5.74) is 1.10. The summed E-state index contributed by atoms with van der Waals surface area (Å²) in [6, 6.07) is 1.85. The number of sulfone groups is 1. The molecular formula is C13H19NO4S3. The first-order chi connectivity index (χ1) is 9.81. The van der Waals surface area contributed by atoms with Crippen molar-refractivity contribution in [1.82, 2.24) is 4.31 Å². The van der Waals surface area contributed by atoms with Crippen LogP contribution in [0.25, 0.3) is 0 Å². The Labute approximate surface area is 129 Å². The highest BCUT2D eigenvalue weighted by Gasteiger charge is 2.40. The van der Waals surface area contributed by atoms with Crippen molar-refractivity contribution >= 4 is 31.2 Å². The Bertz CT molecular complexity index is 721. The molecule has 5 nitrogen and oxygen atoms in total. The average Bonchev–Trinajstić information content (AvgIpc) is 2.87. The molecule has 0 radical (unpaired) electrons. The fraction of sp³-hybridized carbons (Fsp3) is 0.692. The van der Waals surface area contributed by atoms with Crippen LogP contribution < -0.4 is 0 Å². The minimum atomic E-state index is -3.43. The first-order valence-electron chi connectivity index (χ1n) is 7.08. The van der Waals surface area contributed by atoms with E-state index in [0.29, 0.717) is 6.54 Å². The Morgan fingerprint density at radius 3 is 2.62 bits per heavy atom. The van der Waals surface area contributed by atoms with Crippen molar-refractivity contribution in [2.45, 2.75) is 37.5 Å². The van der Waals surface area contributed by atoms with Crippen molar-refractivity contribution in [3.8, 4) is 0 Å². The van der Waals surface area contributed by atoms with Gasteiger partial charge >= 0.3 is 0 Å². The Morgan fingerprint density at radius 2 is 1.95 bits per heavy atom. The summed E-state index contributed by atoms with van der Waals surface area (Å²) in [5, 5.41) is 1.45. The van der Waals surface area contributed by atoms with Gasteiger partial charge in [-0.2, -0.15) is 4.31 Å². The van der Waals surface area contributed by atoms with Crippen LogP contribution in [0.3, 0.4) is 0 Å². The number of sulfonamides is 1. The molecular weight excluding hydrogens is 330 g/mol. The molecule has 0 aromatic carbocycles. The van der Waals surface area contributed by atoms with Crippen LogP contribution in [-0.4, -0.2) is 44.4 Å². The zero-order valence-electron chi connectivity index (χ0n) is 11.9. The number of nitrogens with zero attached hydrogens (tertiary/aromatic N) is 1. The third-order valence-electron chi connectivity index (χ3n) is 4.47. The van der Waals surface area contributed by atoms with Gasteiger partial charge in [0.2, 0.25) is 10.0 Å². The molecule has 21 heavy (non-hydrogen) atoms. The maximum absolute atomic E-state index is 12.8. The SMILES string of the molecule is CC1c2ccsc2CCN1S(=O)(=O)C1CCS(=O)(=O)CC1. The predicted octanol–water partition coefficient (Wildman–Crippen LogP) is 1.57. The van der Waals surface area contributed by atoms with Crippen LogP contribution in [0.15, 0.2) is 11.4 Å². The molecule has 0 amide bonds. The fourth-order valence-corrected chi connectivity index (χ4v) is 8.06. The van der Waals surface area contributed by atoms with Crippen LogP contribution in [0.1, 0.15) is 36.2 Å². The van der Waals surface area contributed by atoms with E-state index in [-0.39, 0.29) is 30.4 Å². The minimum absolute atomic E-state index is 0.0111. The molecule has 0 aliphatic carbocycles. The Morgan fingerprint density at radius 1 is 1.29 bits per heavy atom. The van der Waals surface area contributed by atoms with Gasteiger partial charge in [-0.1, -0.05) is 0 Å². The number of rotatable bonds is 2. The molecule has 1 aromatic heterocycles. The summed E-state index contributed by atoms with van der Waals surface area (Å²) in [7, 11) is -6.47. The van der Waals surface area contributed by atoms with Gasteiger partial charge in [-0.05, 0) is 43.2 Å². The van der Waals surface area contributed by atoms with E-state index in [9.17, 15) is 16.8 Å². The number of hydrogen-bond acceptors (Lipinski definition) is 5. The predicted molar refractivity (Wildman–Crippen MR) is 83.7 cm³/mol. The summed E-state index contributed by atoms with van der Waals surface area (Å²) < 4.78 is 50.2. The lowest BCUT2D eigenvalue weighted by atomic mass is 10.0. The standard InChI is InChI=1S/C13H19NO4S3/c1-10-12-3-7-19-13(12)2-6-14(10)21(17,18)11-4-8-20(15,16)9-5-11/h3,7,10-11H,2,4-6,8-9H2,1H3. The van der Waals surface area contributed by atoms with Crippen LogP contribution in [0.2, 0.25) is 0 Å². The lowest BCUT2D eigenvalue weighted by molar-refractivity contribution is 0.323. The van der Waals surface area contributed by atoms with E-state index in [1.165, 1.54) is 4.88 Å². The number of fused-ring (bicyclic) bond motifs is 1. The van der Waals surface area contributed by atoms with Crippen LogP contribution in [-0.2, 0) is 26.3 Å². The smallest absolute Gasteiger partial charge is 0.217 e. The quantitative estimate of drug-likeness (QED) is 0.812. The van der Waals surface area contributed by atoms with Gasteiger partial charge in [0.05, 0.1) is 16.8 Å². The topological polar surface area (TPSA) is 71.5 Å². The number of hydrogen-bond donors (Lipinski definition) is 0. The second-order valence-electron chi connectivity index (χ2n) is 5.73. The zero-order chi connectivity index (χ0) is 15.3. The van der Waals surface area contributed by atoms with Gasteiger partial charge in [-0.25, -0.2) is 16.8 Å². The van der Waals surface area contributed by atoms with E-state index in [4.69, 9.17) is 0 Å². The highest BCUT2D eigenvalue weighted by Crippen LogP contribution is 2.36. The third-order valence-corrected chi connectivity index (χ3v) is 9.65. The maximum Gasteiger partial charge on any atom is 0.217 e. The second-order valence-corrected chi connectivity index (χ2v) is 11.2. The molecule has 2 aliphatic heterocycles. The zero-order valence-corrected chi connectivity index (χ0v) is 14.3. The lowest BCUT2D eigenvalue weighted by Crippen LogP contribution is -2.45. The van der Waals surface area contributed by atoms with Gasteiger partial charge in [0, 0.05) is 17.5 Å². The Balaban J connectivity index is 1.83. The van der Waals surface area contributed by atoms with Gasteiger partial charge in [-0.15, -0.1) is 11.3 Å². The molecule has 1 saturated heterocycles. The highest BCUT2D eigenvalue weighted by molar-refractivity contribution is 7.92. The van der Waals surface area contributed by atoms with Crippen LogP contribution in [0.5, 0.6) is 0 Å². The molecule has 0 saturated carbocycles. The van der Waals surface area contributed by atoms with E-state index < -0.39 is 25.1 Å². The molecule has 8 heteroatoms. The second kappa shape index (κ2) is 5.33. The minimum Gasteiger partial charge on any atom is -0.229 e. The van der Waals surface area contributed by atoms with E-state index in [2.05, 4.69) is 0 Å². The highest BCUT2D eigenvalue weighted by atomic mass is 32.2. The van der Waals surface area contributed by atoms with Crippen LogP contribution in [0.4, 0.5) is 0 Å². The normalized spacial score (nSPS) is 27.4. The summed E-state index contributed by atoms with van der Waals surface area (Å²) in [5.74, 6) is -0.0222. The molecule has 1 atom stereocenters. The molecule has 3 heterocycles. The van der Waals surface area contributed by atoms with Crippen LogP contribution >= 0.6 is 11.3 Å². The monoisotopic (exact) mass is 349 g/mol. The summed E-state index contributed by atoms with van der Waals surface area (Å²) in [6.07, 6.45) is 1.20. The van der Waals surface area contributed by atoms with Gasteiger partial charge in [0.25, 0.3) is 0 Å². The van der Waals surface area contributed by atoms with E-state index >= 15 is 0 Å². The summed E-state index contributed by atoms with van der Waals surface area (Å²) in [4.78, 5) is 1.26. The Hall–Kier alpha value is -0.440. The van der Waals surface area contributed by atoms with Gasteiger partial charge < -0.3 is 0 Å². The van der Waals surface area contributed by atoms with Gasteiger partial charge in [0.1, 0.15) is 9.84 Å². The van der Waals surface area contributed by atoms with Crippen molar-refractivity contribution in [2.24, 2.45) is 0 Å². The molecule has 0 N–H and O–H groups in total. The molecule has 1 unspecified atom stereocenters. The van der Waals surface area contributed by atoms with Crippen molar-refractivity contribution < 1.29 is 16.8 Å². The molecule has 1 aromatic rings. The average molecular weight is 349 g/mol. The van der Waals surface area contributed by atoms with Crippen molar-refractivity contribution in [3.05, 3.63) is 21.9 Å². The Kier molecular flexibility index (Phi) is 3.92. The van der Waals surface area contributed by atoms with Gasteiger partial charge in [-0.3, -0.25) is 0 Å². The van der Waals surface area contributed by atoms with Crippen molar-refractivity contribution in [1.29, 1.82) is 0 Å². The molecule has 118 valence electrons. The van der Waals surface area contributed by atoms with E-state index in [1.807, 2.05) is 18.4 Å². The van der Waals surface area contributed by atoms with Crippen LogP contribution in [0, 0.1) is 0 Å². The van der Waals surface area contributed by atoms with Crippen molar-refractivity contribution in [3.63, 3.8) is 0 Å². The largest absolute Gasteiger partial charge is 0.229 e. The first kappa shape index (κ1) is 15.5. The van der Waals surface area contributed by atoms with E-state index in [0.717, 1.165) is 12.0 Å². The van der Waals surface area contributed by atoms with E-state index in [1.54, 1.807) is 15.6 Å². The third kappa shape index (κ3) is 2.78. The molecule has 0 spiro atoms. The maximum atomic E-state index is 12.8. The first-order valence-corrected chi connectivity index (χ1v) is 11.3. The van der Waals surface area contributed by atoms with Crippen molar-refractivity contribution in [2.75, 3.05) is 18.1 Å². The fourth-order valence-electron chi connectivity index (χ4n) is 3.19. The molecule has 1 fully saturated rings. The molecule has 3 rings (SSSR count). The lowest BCUT2D eigenvalue weighted by Gasteiger charge is -2.36. The number of thiophene rings is 1.